The largest absolute Gasteiger partial charge is 0.387 e. The van der Waals surface area contributed by atoms with Crippen LogP contribution in [0.5, 0.6) is 0 Å². The molecule has 22 heavy (non-hydrogen) atoms. The SMILES string of the molecule is CC(C)(C)N(CCCC#N)C[C@@H](O)c1ccc(F)c(F)c1F. The summed E-state index contributed by atoms with van der Waals surface area (Å²) in [5.41, 5.74) is -0.584. The van der Waals surface area contributed by atoms with E-state index in [0.717, 1.165) is 12.1 Å². The summed E-state index contributed by atoms with van der Waals surface area (Å²) in [6.07, 6.45) is -0.292. The molecule has 0 spiro atoms. The molecule has 1 aromatic rings. The smallest absolute Gasteiger partial charge is 0.194 e. The van der Waals surface area contributed by atoms with Gasteiger partial charge in [0.2, 0.25) is 0 Å². The number of β-amino-alcohol motifs (C(OH)–C–C–N with tert-alkyl or cyclic N) is 1. The molecule has 122 valence electrons. The first-order chi connectivity index (χ1) is 10.2. The van der Waals surface area contributed by atoms with E-state index in [1.165, 1.54) is 0 Å². The van der Waals surface area contributed by atoms with E-state index in [1.807, 2.05) is 31.7 Å². The molecule has 0 saturated heterocycles. The molecule has 6 heteroatoms. The molecule has 1 rings (SSSR count). The van der Waals surface area contributed by atoms with Gasteiger partial charge in [0, 0.05) is 24.1 Å². The van der Waals surface area contributed by atoms with Gasteiger partial charge >= 0.3 is 0 Å². The van der Waals surface area contributed by atoms with Crippen LogP contribution in [0, 0.1) is 28.8 Å². The molecule has 0 fully saturated rings. The molecule has 0 aliphatic carbocycles. The third kappa shape index (κ3) is 4.72. The van der Waals surface area contributed by atoms with Crippen LogP contribution in [-0.4, -0.2) is 28.6 Å². The van der Waals surface area contributed by atoms with Crippen molar-refractivity contribution in [2.45, 2.75) is 45.3 Å². The summed E-state index contributed by atoms with van der Waals surface area (Å²) in [5.74, 6) is -4.23. The van der Waals surface area contributed by atoms with Crippen molar-refractivity contribution in [2.24, 2.45) is 0 Å². The van der Waals surface area contributed by atoms with Crippen LogP contribution in [0.4, 0.5) is 13.2 Å². The van der Waals surface area contributed by atoms with Crippen LogP contribution in [0.15, 0.2) is 12.1 Å². The number of hydrogen-bond acceptors (Lipinski definition) is 3. The maximum atomic E-state index is 13.7. The van der Waals surface area contributed by atoms with Crippen molar-refractivity contribution in [3.8, 4) is 6.07 Å². The lowest BCUT2D eigenvalue weighted by atomic mass is 10.0. The molecule has 0 aromatic heterocycles. The van der Waals surface area contributed by atoms with Crippen molar-refractivity contribution in [1.29, 1.82) is 5.26 Å². The Hall–Kier alpha value is -1.58. The minimum absolute atomic E-state index is 0.0664. The molecule has 0 aliphatic rings. The first kappa shape index (κ1) is 18.5. The second kappa shape index (κ2) is 7.61. The molecule has 1 aromatic carbocycles. The van der Waals surface area contributed by atoms with E-state index in [4.69, 9.17) is 5.26 Å². The Morgan fingerprint density at radius 3 is 2.41 bits per heavy atom. The van der Waals surface area contributed by atoms with Gasteiger partial charge in [0.1, 0.15) is 0 Å². The zero-order chi connectivity index (χ0) is 16.9. The molecule has 0 amide bonds. The standard InChI is InChI=1S/C16H21F3N2O/c1-16(2,3)21(9-5-4-8-20)10-13(22)11-6-7-12(17)15(19)14(11)18/h6-7,13,22H,4-5,9-10H2,1-3H3/t13-/m1/s1. The van der Waals surface area contributed by atoms with Gasteiger partial charge < -0.3 is 5.11 Å². The van der Waals surface area contributed by atoms with Crippen LogP contribution >= 0.6 is 0 Å². The van der Waals surface area contributed by atoms with Crippen molar-refractivity contribution in [3.63, 3.8) is 0 Å². The van der Waals surface area contributed by atoms with E-state index in [1.54, 1.807) is 0 Å². The highest BCUT2D eigenvalue weighted by atomic mass is 19.2. The maximum Gasteiger partial charge on any atom is 0.194 e. The van der Waals surface area contributed by atoms with E-state index in [2.05, 4.69) is 0 Å². The molecule has 0 aliphatic heterocycles. The second-order valence-electron chi connectivity index (χ2n) is 6.16. The summed E-state index contributed by atoms with van der Waals surface area (Å²) >= 11 is 0. The number of unbranched alkanes of at least 4 members (excludes halogenated alkanes) is 1. The summed E-state index contributed by atoms with van der Waals surface area (Å²) < 4.78 is 39.9. The number of nitrogens with zero attached hydrogens (tertiary/aromatic N) is 2. The van der Waals surface area contributed by atoms with Crippen molar-refractivity contribution in [1.82, 2.24) is 4.90 Å². The first-order valence-corrected chi connectivity index (χ1v) is 7.12. The van der Waals surface area contributed by atoms with Crippen molar-refractivity contribution in [3.05, 3.63) is 35.1 Å². The predicted octanol–water partition coefficient (Wildman–Crippen LogP) is 3.54. The summed E-state index contributed by atoms with van der Waals surface area (Å²) in [7, 11) is 0. The van der Waals surface area contributed by atoms with E-state index in [0.29, 0.717) is 19.4 Å². The van der Waals surface area contributed by atoms with E-state index >= 15 is 0 Å². The molecule has 0 heterocycles. The Morgan fingerprint density at radius 1 is 1.23 bits per heavy atom. The summed E-state index contributed by atoms with van der Waals surface area (Å²) in [4.78, 5) is 1.88. The second-order valence-corrected chi connectivity index (χ2v) is 6.16. The Labute approximate surface area is 129 Å². The van der Waals surface area contributed by atoms with E-state index in [9.17, 15) is 18.3 Å². The fourth-order valence-electron chi connectivity index (χ4n) is 2.15. The van der Waals surface area contributed by atoms with E-state index < -0.39 is 23.6 Å². The number of aliphatic hydroxyl groups is 1. The minimum atomic E-state index is -1.58. The van der Waals surface area contributed by atoms with Gasteiger partial charge in [-0.2, -0.15) is 5.26 Å². The lowest BCUT2D eigenvalue weighted by molar-refractivity contribution is 0.0555. The first-order valence-electron chi connectivity index (χ1n) is 7.12. The van der Waals surface area contributed by atoms with Gasteiger partial charge in [-0.15, -0.1) is 0 Å². The van der Waals surface area contributed by atoms with Gasteiger partial charge in [-0.1, -0.05) is 6.07 Å². The highest BCUT2D eigenvalue weighted by Gasteiger charge is 2.26. The zero-order valence-corrected chi connectivity index (χ0v) is 13.0. The molecule has 1 atom stereocenters. The van der Waals surface area contributed by atoms with Crippen LogP contribution in [0.2, 0.25) is 0 Å². The lowest BCUT2D eigenvalue weighted by Crippen LogP contribution is -2.44. The lowest BCUT2D eigenvalue weighted by Gasteiger charge is -2.37. The number of benzene rings is 1. The molecule has 0 unspecified atom stereocenters. The Balaban J connectivity index is 2.89. The number of hydrogen-bond donors (Lipinski definition) is 1. The van der Waals surface area contributed by atoms with Gasteiger partial charge in [0.15, 0.2) is 17.5 Å². The molecule has 1 N–H and O–H groups in total. The van der Waals surface area contributed by atoms with Gasteiger partial charge in [0.25, 0.3) is 0 Å². The molecule has 0 radical (unpaired) electrons. The quantitative estimate of drug-likeness (QED) is 0.645. The fraction of sp³-hybridized carbons (Fsp3) is 0.562. The molecule has 3 nitrogen and oxygen atoms in total. The van der Waals surface area contributed by atoms with E-state index in [-0.39, 0.29) is 17.6 Å². The molecule has 0 saturated carbocycles. The Kier molecular flexibility index (Phi) is 6.39. The maximum absolute atomic E-state index is 13.7. The van der Waals surface area contributed by atoms with Crippen LogP contribution in [-0.2, 0) is 0 Å². The van der Waals surface area contributed by atoms with Crippen molar-refractivity contribution >= 4 is 0 Å². The van der Waals surface area contributed by atoms with Crippen molar-refractivity contribution in [2.75, 3.05) is 13.1 Å². The fourth-order valence-corrected chi connectivity index (χ4v) is 2.15. The number of nitriles is 1. The number of rotatable bonds is 6. The molecular weight excluding hydrogens is 293 g/mol. The normalized spacial score (nSPS) is 13.2. The molecular formula is C16H21F3N2O. The Bertz CT molecular complexity index is 550. The van der Waals surface area contributed by atoms with Crippen LogP contribution in [0.1, 0.15) is 45.3 Å². The topological polar surface area (TPSA) is 47.3 Å². The summed E-state index contributed by atoms with van der Waals surface area (Å²) in [5, 5.41) is 18.8. The van der Waals surface area contributed by atoms with Crippen LogP contribution in [0.3, 0.4) is 0 Å². The number of aliphatic hydroxyl groups excluding tert-OH is 1. The van der Waals surface area contributed by atoms with Gasteiger partial charge in [-0.25, -0.2) is 13.2 Å². The average molecular weight is 314 g/mol. The zero-order valence-electron chi connectivity index (χ0n) is 13.0. The minimum Gasteiger partial charge on any atom is -0.387 e. The average Bonchev–Trinajstić information content (AvgIpc) is 2.42. The monoisotopic (exact) mass is 314 g/mol. The highest BCUT2D eigenvalue weighted by Crippen LogP contribution is 2.25. The van der Waals surface area contributed by atoms with Gasteiger partial charge in [-0.3, -0.25) is 4.90 Å². The predicted molar refractivity (Wildman–Crippen MR) is 77.4 cm³/mol. The summed E-state index contributed by atoms with van der Waals surface area (Å²) in [6.45, 7) is 6.38. The van der Waals surface area contributed by atoms with Crippen molar-refractivity contribution < 1.29 is 18.3 Å². The highest BCUT2D eigenvalue weighted by molar-refractivity contribution is 5.22. The van der Waals surface area contributed by atoms with Gasteiger partial charge in [-0.05, 0) is 39.8 Å². The Morgan fingerprint density at radius 2 is 1.86 bits per heavy atom. The third-order valence-electron chi connectivity index (χ3n) is 3.48. The van der Waals surface area contributed by atoms with Crippen LogP contribution in [0.25, 0.3) is 0 Å². The van der Waals surface area contributed by atoms with Gasteiger partial charge in [0.05, 0.1) is 12.2 Å². The molecule has 0 bridgehead atoms. The van der Waals surface area contributed by atoms with Crippen LogP contribution < -0.4 is 0 Å². The third-order valence-corrected chi connectivity index (χ3v) is 3.48. The summed E-state index contributed by atoms with van der Waals surface area (Å²) in [6, 6.07) is 3.89. The number of halogens is 3.